The number of rotatable bonds is 2. The molecule has 0 unspecified atom stereocenters. The van der Waals surface area contributed by atoms with E-state index < -0.39 is 5.54 Å². The summed E-state index contributed by atoms with van der Waals surface area (Å²) >= 11 is 0. The molecule has 0 aromatic rings. The van der Waals surface area contributed by atoms with E-state index in [4.69, 9.17) is 0 Å². The van der Waals surface area contributed by atoms with E-state index in [1.54, 1.807) is 0 Å². The Morgan fingerprint density at radius 2 is 1.81 bits per heavy atom. The van der Waals surface area contributed by atoms with E-state index in [9.17, 15) is 14.9 Å². The third-order valence-electron chi connectivity index (χ3n) is 10.6. The molecule has 7 atom stereocenters. The summed E-state index contributed by atoms with van der Waals surface area (Å²) in [6.07, 6.45) is 16.4. The number of nitrogens with one attached hydrogen (secondary N) is 1. The Morgan fingerprint density at radius 1 is 1.03 bits per heavy atom. The second-order valence-corrected chi connectivity index (χ2v) is 11.9. The van der Waals surface area contributed by atoms with Crippen LogP contribution in [0.15, 0.2) is 12.2 Å². The van der Waals surface area contributed by atoms with Crippen LogP contribution in [-0.2, 0) is 9.59 Å². The monoisotopic (exact) mass is 422 g/mol. The van der Waals surface area contributed by atoms with Crippen molar-refractivity contribution in [1.29, 1.82) is 5.26 Å². The van der Waals surface area contributed by atoms with Crippen molar-refractivity contribution in [3.63, 3.8) is 0 Å². The number of hydrogen-bond donors (Lipinski definition) is 1. The van der Waals surface area contributed by atoms with Crippen LogP contribution < -0.4 is 5.32 Å². The Labute approximate surface area is 187 Å². The molecule has 0 bridgehead atoms. The maximum Gasteiger partial charge on any atom is 0.224 e. The van der Waals surface area contributed by atoms with Gasteiger partial charge in [-0.05, 0) is 91.9 Å². The van der Waals surface area contributed by atoms with Crippen molar-refractivity contribution in [3.8, 4) is 6.07 Å². The number of amides is 1. The zero-order valence-corrected chi connectivity index (χ0v) is 19.3. The summed E-state index contributed by atoms with van der Waals surface area (Å²) in [6.45, 7) is 4.78. The van der Waals surface area contributed by atoms with Crippen LogP contribution in [0.1, 0.15) is 90.9 Å². The number of fused-ring (bicyclic) bond motifs is 5. The van der Waals surface area contributed by atoms with Crippen molar-refractivity contribution in [2.75, 3.05) is 0 Å². The molecule has 5 aliphatic rings. The maximum atomic E-state index is 13.5. The maximum absolute atomic E-state index is 13.5. The first-order valence-corrected chi connectivity index (χ1v) is 12.8. The van der Waals surface area contributed by atoms with Crippen molar-refractivity contribution in [3.05, 3.63) is 12.2 Å². The van der Waals surface area contributed by atoms with E-state index in [-0.39, 0.29) is 22.7 Å². The van der Waals surface area contributed by atoms with Gasteiger partial charge in [-0.15, -0.1) is 0 Å². The van der Waals surface area contributed by atoms with Gasteiger partial charge in [-0.3, -0.25) is 9.59 Å². The highest BCUT2D eigenvalue weighted by atomic mass is 16.2. The van der Waals surface area contributed by atoms with Gasteiger partial charge < -0.3 is 5.32 Å². The molecule has 4 fully saturated rings. The van der Waals surface area contributed by atoms with E-state index in [1.165, 1.54) is 12.8 Å². The molecule has 5 aliphatic carbocycles. The van der Waals surface area contributed by atoms with Crippen LogP contribution >= 0.6 is 0 Å². The smallest absolute Gasteiger partial charge is 0.224 e. The molecule has 0 aromatic heterocycles. The quantitative estimate of drug-likeness (QED) is 0.653. The number of ketones is 1. The van der Waals surface area contributed by atoms with Crippen LogP contribution in [0.5, 0.6) is 0 Å². The van der Waals surface area contributed by atoms with Crippen LogP contribution in [-0.4, -0.2) is 17.2 Å². The van der Waals surface area contributed by atoms with E-state index in [0.717, 1.165) is 64.2 Å². The molecule has 4 heteroatoms. The minimum absolute atomic E-state index is 0.0413. The summed E-state index contributed by atoms with van der Waals surface area (Å²) in [7, 11) is 0. The topological polar surface area (TPSA) is 70.0 Å². The number of nitrogens with zero attached hydrogens (tertiary/aromatic N) is 1. The molecule has 0 radical (unpaired) electrons. The van der Waals surface area contributed by atoms with Crippen LogP contribution in [0.2, 0.25) is 0 Å². The number of carbonyl (C=O) groups is 2. The summed E-state index contributed by atoms with van der Waals surface area (Å²) in [4.78, 5) is 25.5. The Balaban J connectivity index is 1.35. The zero-order chi connectivity index (χ0) is 21.9. The van der Waals surface area contributed by atoms with Crippen molar-refractivity contribution in [2.24, 2.45) is 40.4 Å². The molecule has 4 nitrogen and oxygen atoms in total. The number of hydrogen-bond acceptors (Lipinski definition) is 3. The minimum Gasteiger partial charge on any atom is -0.338 e. The number of allylic oxidation sites excluding steroid dienone is 2. The third-order valence-corrected chi connectivity index (χ3v) is 10.6. The molecule has 168 valence electrons. The standard InChI is InChI=1S/C27H38N2O2/c1-25-14-10-19(30)16-18(25)6-7-20-21-8-9-23(26(21,2)15-11-22(20)25)24(31)29-27(17-28)12-4-3-5-13-27/h10,14,18,20-23H,3-9,11-13,15-16H2,1-2H3,(H,29,31)/t18-,20-,21-,22-,23+,25-,26-/m0/s1. The van der Waals surface area contributed by atoms with Gasteiger partial charge in [-0.25, -0.2) is 0 Å². The zero-order valence-electron chi connectivity index (χ0n) is 19.3. The van der Waals surface area contributed by atoms with E-state index in [2.05, 4.69) is 31.3 Å². The highest BCUT2D eigenvalue weighted by Gasteiger charge is 2.61. The second-order valence-electron chi connectivity index (χ2n) is 11.9. The SMILES string of the molecule is C[C@]12C=CC(=O)C[C@@H]1CC[C@@H]1[C@@H]2CC[C@]2(C)[C@@H](C(=O)NC3(C#N)CCCCC3)CC[C@@H]12. The number of nitriles is 1. The van der Waals surface area contributed by atoms with Gasteiger partial charge in [-0.1, -0.05) is 39.2 Å². The van der Waals surface area contributed by atoms with Crippen LogP contribution in [0.4, 0.5) is 0 Å². The predicted molar refractivity (Wildman–Crippen MR) is 120 cm³/mol. The Kier molecular flexibility index (Phi) is 5.11. The van der Waals surface area contributed by atoms with Crippen LogP contribution in [0, 0.1) is 51.8 Å². The Hall–Kier alpha value is -1.63. The first kappa shape index (κ1) is 21.2. The second kappa shape index (κ2) is 7.46. The fourth-order valence-corrected chi connectivity index (χ4v) is 8.81. The van der Waals surface area contributed by atoms with Gasteiger partial charge in [0, 0.05) is 12.3 Å². The Morgan fingerprint density at radius 3 is 2.55 bits per heavy atom. The largest absolute Gasteiger partial charge is 0.338 e. The average molecular weight is 423 g/mol. The van der Waals surface area contributed by atoms with Gasteiger partial charge >= 0.3 is 0 Å². The van der Waals surface area contributed by atoms with E-state index in [0.29, 0.717) is 29.5 Å². The molecule has 1 N–H and O–H groups in total. The molecule has 4 saturated carbocycles. The fraction of sp³-hybridized carbons (Fsp3) is 0.815. The third kappa shape index (κ3) is 3.21. The summed E-state index contributed by atoms with van der Waals surface area (Å²) in [5.74, 6) is 2.88. The van der Waals surface area contributed by atoms with Crippen molar-refractivity contribution in [2.45, 2.75) is 96.4 Å². The van der Waals surface area contributed by atoms with Gasteiger partial charge in [-0.2, -0.15) is 5.26 Å². The summed E-state index contributed by atoms with van der Waals surface area (Å²) < 4.78 is 0. The lowest BCUT2D eigenvalue weighted by Gasteiger charge is -2.58. The molecule has 31 heavy (non-hydrogen) atoms. The van der Waals surface area contributed by atoms with Gasteiger partial charge in [0.05, 0.1) is 6.07 Å². The van der Waals surface area contributed by atoms with Gasteiger partial charge in [0.15, 0.2) is 5.78 Å². The first-order chi connectivity index (χ1) is 14.8. The van der Waals surface area contributed by atoms with Crippen molar-refractivity contribution >= 4 is 11.7 Å². The highest BCUT2D eigenvalue weighted by Crippen LogP contribution is 2.66. The van der Waals surface area contributed by atoms with Gasteiger partial charge in [0.25, 0.3) is 0 Å². The normalized spacial score (nSPS) is 45.7. The molecule has 0 aromatic carbocycles. The summed E-state index contributed by atoms with van der Waals surface area (Å²) in [5.41, 5.74) is -0.439. The lowest BCUT2D eigenvalue weighted by Crippen LogP contribution is -2.55. The lowest BCUT2D eigenvalue weighted by atomic mass is 9.46. The van der Waals surface area contributed by atoms with Crippen LogP contribution in [0.25, 0.3) is 0 Å². The minimum atomic E-state index is -0.633. The van der Waals surface area contributed by atoms with Crippen molar-refractivity contribution < 1.29 is 9.59 Å². The molecular formula is C27H38N2O2. The molecule has 0 heterocycles. The molecule has 5 rings (SSSR count). The highest BCUT2D eigenvalue weighted by molar-refractivity contribution is 5.91. The average Bonchev–Trinajstić information content (AvgIpc) is 3.12. The van der Waals surface area contributed by atoms with Gasteiger partial charge in [0.1, 0.15) is 5.54 Å². The molecule has 0 aliphatic heterocycles. The van der Waals surface area contributed by atoms with E-state index >= 15 is 0 Å². The molecule has 0 spiro atoms. The predicted octanol–water partition coefficient (Wildman–Crippen LogP) is 5.33. The van der Waals surface area contributed by atoms with Crippen LogP contribution in [0.3, 0.4) is 0 Å². The first-order valence-electron chi connectivity index (χ1n) is 12.8. The molecular weight excluding hydrogens is 384 g/mol. The Bertz CT molecular complexity index is 835. The fourth-order valence-electron chi connectivity index (χ4n) is 8.81. The van der Waals surface area contributed by atoms with Crippen molar-refractivity contribution in [1.82, 2.24) is 5.32 Å². The summed E-state index contributed by atoms with van der Waals surface area (Å²) in [6, 6.07) is 2.47. The number of carbonyl (C=O) groups excluding carboxylic acids is 2. The lowest BCUT2D eigenvalue weighted by molar-refractivity contribution is -0.136. The molecule has 1 amide bonds. The van der Waals surface area contributed by atoms with E-state index in [1.807, 2.05) is 6.08 Å². The molecule has 0 saturated heterocycles. The van der Waals surface area contributed by atoms with Gasteiger partial charge in [0.2, 0.25) is 5.91 Å². The summed E-state index contributed by atoms with van der Waals surface area (Å²) in [5, 5.41) is 13.1.